The Morgan fingerprint density at radius 3 is 1.20 bits per heavy atom. The number of nitrogens with zero attached hydrogens (tertiary/aromatic N) is 1. The van der Waals surface area contributed by atoms with Gasteiger partial charge in [-0.2, -0.15) is 20.8 Å². The Kier molecular flexibility index (Phi) is 46.2. The summed E-state index contributed by atoms with van der Waals surface area (Å²) in [5, 5.41) is 0. The van der Waals surface area contributed by atoms with Gasteiger partial charge < -0.3 is 15.5 Å². The van der Waals surface area contributed by atoms with Crippen molar-refractivity contribution in [2.45, 2.75) is 20.8 Å². The van der Waals surface area contributed by atoms with E-state index in [1.54, 1.807) is 12.4 Å². The fourth-order valence-electron chi connectivity index (χ4n) is 0.313. The van der Waals surface area contributed by atoms with Crippen molar-refractivity contribution in [1.29, 1.82) is 0 Å². The van der Waals surface area contributed by atoms with Crippen LogP contribution in [-0.2, 0) is 29.1 Å². The van der Waals surface area contributed by atoms with Crippen molar-refractivity contribution in [3.05, 3.63) is 36.5 Å². The maximum atomic E-state index is 7.75. The van der Waals surface area contributed by atoms with E-state index in [2.05, 4.69) is 39.3 Å². The van der Waals surface area contributed by atoms with Gasteiger partial charge in [0.1, 0.15) is 0 Å². The van der Waals surface area contributed by atoms with E-state index in [9.17, 15) is 0 Å². The Labute approximate surface area is 105 Å². The van der Waals surface area contributed by atoms with Crippen LogP contribution in [0.3, 0.4) is 0 Å². The molecule has 1 heterocycles. The second-order valence-electron chi connectivity index (χ2n) is 2.52. The van der Waals surface area contributed by atoms with Crippen LogP contribution in [0.2, 0.25) is 0 Å². The second kappa shape index (κ2) is 29.2. The molecule has 0 atom stereocenters. The first-order chi connectivity index (χ1) is 6.73. The molecule has 0 saturated heterocycles. The van der Waals surface area contributed by atoms with E-state index in [0.29, 0.717) is 0 Å². The predicted octanol–water partition coefficient (Wildman–Crippen LogP) is 2.15. The Hall–Kier alpha value is -0.887. The second-order valence-corrected chi connectivity index (χ2v) is 2.52. The summed E-state index contributed by atoms with van der Waals surface area (Å²) in [5.41, 5.74) is 0. The smallest absolute Gasteiger partial charge is 0.545 e. The molecule has 0 amide bonds. The number of carbonyl (C=O) groups excluding carboxylic acids is 2. The first-order valence-electron chi connectivity index (χ1n) is 3.82. The van der Waals surface area contributed by atoms with E-state index in [1.807, 2.05) is 18.2 Å². The molecule has 1 aromatic rings. The molecule has 0 fully saturated rings. The van der Waals surface area contributed by atoms with E-state index in [-0.39, 0.29) is 19.5 Å². The van der Waals surface area contributed by atoms with Crippen molar-refractivity contribution in [3.63, 3.8) is 0 Å². The Balaban J connectivity index is -0.0000000601. The normalized spacial score (nSPS) is 6.13. The van der Waals surface area contributed by atoms with Crippen molar-refractivity contribution in [3.8, 4) is 0 Å². The summed E-state index contributed by atoms with van der Waals surface area (Å²) in [6.07, 6.45) is 3.50. The summed E-state index contributed by atoms with van der Waals surface area (Å²) in [6, 6.07) is 5.72. The average molecular weight is 295 g/mol. The Morgan fingerprint density at radius 2 is 1.13 bits per heavy atom. The van der Waals surface area contributed by atoms with Gasteiger partial charge >= 0.3 is 19.5 Å². The van der Waals surface area contributed by atoms with E-state index in [1.165, 1.54) is 5.92 Å². The molecule has 1 radical (unpaired) electrons. The van der Waals surface area contributed by atoms with Crippen LogP contribution < -0.4 is 0 Å². The van der Waals surface area contributed by atoms with Crippen LogP contribution in [0.15, 0.2) is 30.6 Å². The molecule has 1 aromatic heterocycles. The van der Waals surface area contributed by atoms with E-state index >= 15 is 0 Å². The van der Waals surface area contributed by atoms with Crippen LogP contribution in [0.5, 0.6) is 0 Å². The molecule has 0 saturated carbocycles. The average Bonchev–Trinajstić information content (AvgIpc) is 2.25. The van der Waals surface area contributed by atoms with E-state index < -0.39 is 0 Å². The summed E-state index contributed by atoms with van der Waals surface area (Å²) in [7, 11) is 0. The quantitative estimate of drug-likeness (QED) is 0.418. The standard InChI is InChI=1S/C5H5N.C4H9.2CHO.Ru/c1-2-4-6-5-3-1;1-4(2)3;2*1-2;/h1-5H;1-3H3;2*1H;/q;3*-1;+3. The molecule has 0 aliphatic carbocycles. The zero-order valence-corrected chi connectivity index (χ0v) is 10.9. The number of hydrogen-bond donors (Lipinski definition) is 0. The largest absolute Gasteiger partial charge is 3.00 e. The van der Waals surface area contributed by atoms with Crippen molar-refractivity contribution < 1.29 is 29.1 Å². The number of aromatic nitrogens is 1. The van der Waals surface area contributed by atoms with Crippen LogP contribution in [0.25, 0.3) is 0 Å². The molecule has 15 heavy (non-hydrogen) atoms. The Morgan fingerprint density at radius 1 is 0.867 bits per heavy atom. The van der Waals surface area contributed by atoms with E-state index in [0.717, 1.165) is 0 Å². The maximum Gasteiger partial charge on any atom is 3.00 e. The third-order valence-corrected chi connectivity index (χ3v) is 0.566. The van der Waals surface area contributed by atoms with Crippen LogP contribution >= 0.6 is 0 Å². The Bertz CT molecular complexity index is 140. The molecular weight excluding hydrogens is 279 g/mol. The molecule has 4 heteroatoms. The van der Waals surface area contributed by atoms with Crippen LogP contribution in [0, 0.1) is 5.92 Å². The van der Waals surface area contributed by atoms with Gasteiger partial charge in [0, 0.05) is 12.4 Å². The summed E-state index contributed by atoms with van der Waals surface area (Å²) in [6.45, 7) is 12.8. The van der Waals surface area contributed by atoms with Gasteiger partial charge in [0.25, 0.3) is 0 Å². The van der Waals surface area contributed by atoms with Crippen molar-refractivity contribution in [1.82, 2.24) is 4.98 Å². The van der Waals surface area contributed by atoms with Gasteiger partial charge in [-0.1, -0.05) is 6.07 Å². The monoisotopic (exact) mass is 296 g/mol. The molecular formula is C11H16NO2Ru. The van der Waals surface area contributed by atoms with Gasteiger partial charge in [0.2, 0.25) is 0 Å². The van der Waals surface area contributed by atoms with Gasteiger partial charge in [-0.3, -0.25) is 18.6 Å². The van der Waals surface area contributed by atoms with Gasteiger partial charge in [-0.15, -0.1) is 0 Å². The molecule has 1 rings (SSSR count). The fourth-order valence-corrected chi connectivity index (χ4v) is 0.313. The van der Waals surface area contributed by atoms with Crippen LogP contribution in [-0.4, -0.2) is 18.6 Å². The van der Waals surface area contributed by atoms with Crippen LogP contribution in [0.4, 0.5) is 0 Å². The third kappa shape index (κ3) is 61.9. The zero-order valence-electron chi connectivity index (χ0n) is 9.16. The van der Waals surface area contributed by atoms with Gasteiger partial charge in [0.15, 0.2) is 0 Å². The topological polar surface area (TPSA) is 47.0 Å². The summed E-state index contributed by atoms with van der Waals surface area (Å²) in [5.74, 6) is 1.42. The summed E-state index contributed by atoms with van der Waals surface area (Å²) in [4.78, 5) is 19.3. The maximum absolute atomic E-state index is 7.75. The van der Waals surface area contributed by atoms with Crippen LogP contribution in [0.1, 0.15) is 20.8 Å². The minimum absolute atomic E-state index is 0. The number of rotatable bonds is 0. The molecule has 0 spiro atoms. The number of hydrogen-bond acceptors (Lipinski definition) is 3. The molecule has 0 aliphatic heterocycles. The molecule has 85 valence electrons. The minimum atomic E-state index is 0. The number of pyridine rings is 1. The van der Waals surface area contributed by atoms with Gasteiger partial charge in [0.05, 0.1) is 0 Å². The molecule has 0 N–H and O–H groups in total. The van der Waals surface area contributed by atoms with Crippen molar-refractivity contribution >= 4 is 13.6 Å². The first-order valence-corrected chi connectivity index (χ1v) is 3.82. The van der Waals surface area contributed by atoms with Crippen molar-refractivity contribution in [2.75, 3.05) is 0 Å². The zero-order chi connectivity index (χ0) is 11.8. The summed E-state index contributed by atoms with van der Waals surface area (Å²) < 4.78 is 0. The SMILES string of the molecule is C[C-](C)C.[CH-]=O.[CH-]=O.[Ru+3].c1ccncc1. The molecule has 3 nitrogen and oxygen atoms in total. The fraction of sp³-hybridized carbons (Fsp3) is 0.273. The molecule has 0 aliphatic rings. The predicted molar refractivity (Wildman–Crippen MR) is 58.0 cm³/mol. The molecule has 0 unspecified atom stereocenters. The first kappa shape index (κ1) is 23.7. The van der Waals surface area contributed by atoms with Gasteiger partial charge in [-0.25, -0.2) is 0 Å². The van der Waals surface area contributed by atoms with Gasteiger partial charge in [-0.05, 0) is 12.1 Å². The van der Waals surface area contributed by atoms with E-state index in [4.69, 9.17) is 9.59 Å². The summed E-state index contributed by atoms with van der Waals surface area (Å²) >= 11 is 0. The molecule has 0 bridgehead atoms. The van der Waals surface area contributed by atoms with Crippen molar-refractivity contribution in [2.24, 2.45) is 0 Å². The minimum Gasteiger partial charge on any atom is -0.545 e. The third-order valence-electron chi connectivity index (χ3n) is 0.566. The molecule has 0 aromatic carbocycles.